The quantitative estimate of drug-likeness (QED) is 0.544. The molecule has 6 heteroatoms. The third-order valence-electron chi connectivity index (χ3n) is 1.59. The summed E-state index contributed by atoms with van der Waals surface area (Å²) in [5.41, 5.74) is 0.164. The van der Waals surface area contributed by atoms with E-state index in [9.17, 15) is 14.3 Å². The van der Waals surface area contributed by atoms with E-state index in [1.54, 1.807) is 0 Å². The van der Waals surface area contributed by atoms with Crippen molar-refractivity contribution in [2.45, 2.75) is 27.2 Å². The lowest BCUT2D eigenvalue weighted by Crippen LogP contribution is -2.22. The summed E-state index contributed by atoms with van der Waals surface area (Å²) in [5.74, 6) is -0.299. The second-order valence-corrected chi connectivity index (χ2v) is 5.28. The molecule has 0 aromatic carbocycles. The first kappa shape index (κ1) is 14.4. The van der Waals surface area contributed by atoms with Gasteiger partial charge in [0.2, 0.25) is 0 Å². The Bertz CT molecular complexity index is 288. The smallest absolute Gasteiger partial charge is 0.308 e. The van der Waals surface area contributed by atoms with E-state index in [1.807, 2.05) is 18.9 Å². The van der Waals surface area contributed by atoms with Crippen LogP contribution in [0.4, 0.5) is 0 Å². The number of carbonyl (C=O) groups is 1. The molecule has 0 aromatic heterocycles. The topological polar surface area (TPSA) is 75.6 Å². The van der Waals surface area contributed by atoms with E-state index < -0.39 is 13.7 Å². The van der Waals surface area contributed by atoms with E-state index in [0.29, 0.717) is 12.3 Å². The molecule has 88 valence electrons. The van der Waals surface area contributed by atoms with Gasteiger partial charge in [-0.15, -0.1) is 0 Å². The maximum Gasteiger partial charge on any atom is 0.432 e. The van der Waals surface area contributed by atoms with Crippen LogP contribution in [0.1, 0.15) is 27.2 Å². The van der Waals surface area contributed by atoms with E-state index in [2.05, 4.69) is 6.58 Å². The minimum atomic E-state index is -4.02. The molecular formula is C9H18NO4P. The Morgan fingerprint density at radius 2 is 2.13 bits per heavy atom. The summed E-state index contributed by atoms with van der Waals surface area (Å²) < 4.78 is 16.0. The molecular weight excluding hydrogens is 217 g/mol. The predicted molar refractivity (Wildman–Crippen MR) is 58.2 cm³/mol. The van der Waals surface area contributed by atoms with Gasteiger partial charge >= 0.3 is 7.75 Å². The number of hydrogen-bond acceptors (Lipinski definition) is 3. The molecule has 5 nitrogen and oxygen atoms in total. The summed E-state index contributed by atoms with van der Waals surface area (Å²) in [7, 11) is -4.02. The van der Waals surface area contributed by atoms with Crippen molar-refractivity contribution < 1.29 is 18.8 Å². The Kier molecular flexibility index (Phi) is 5.80. The van der Waals surface area contributed by atoms with Gasteiger partial charge in [0.25, 0.3) is 5.91 Å². The van der Waals surface area contributed by atoms with Gasteiger partial charge in [0.1, 0.15) is 0 Å². The lowest BCUT2D eigenvalue weighted by Gasteiger charge is -2.13. The first-order chi connectivity index (χ1) is 6.74. The van der Waals surface area contributed by atoms with Crippen LogP contribution in [0.15, 0.2) is 12.2 Å². The predicted octanol–water partition coefficient (Wildman–Crippen LogP) is 1.84. The van der Waals surface area contributed by atoms with Crippen LogP contribution in [-0.2, 0) is 13.9 Å². The van der Waals surface area contributed by atoms with Crippen LogP contribution in [0.3, 0.4) is 0 Å². The Balaban J connectivity index is 4.03. The summed E-state index contributed by atoms with van der Waals surface area (Å²) in [6, 6.07) is 0. The number of hydrogen-bond donors (Lipinski definition) is 2. The summed E-state index contributed by atoms with van der Waals surface area (Å²) >= 11 is 0. The molecule has 0 aromatic rings. The SMILES string of the molecule is C=C(C)C(=O)NP(=O)(O)OCCC(C)C. The molecule has 0 fully saturated rings. The van der Waals surface area contributed by atoms with Crippen LogP contribution < -0.4 is 5.09 Å². The maximum atomic E-state index is 11.3. The zero-order chi connectivity index (χ0) is 12.1. The molecule has 0 bridgehead atoms. The number of amides is 1. The van der Waals surface area contributed by atoms with Crippen molar-refractivity contribution in [1.29, 1.82) is 0 Å². The number of rotatable bonds is 6. The first-order valence-corrected chi connectivity index (χ1v) is 6.28. The molecule has 1 unspecified atom stereocenters. The number of nitrogens with one attached hydrogen (secondary N) is 1. The molecule has 0 rings (SSSR count). The second-order valence-electron chi connectivity index (χ2n) is 3.76. The molecule has 1 atom stereocenters. The Morgan fingerprint density at radius 3 is 2.53 bits per heavy atom. The standard InChI is InChI=1S/C9H18NO4P/c1-7(2)5-6-14-15(12,13)10-9(11)8(3)4/h7H,3,5-6H2,1-2,4H3,(H2,10,11,12,13). The zero-order valence-electron chi connectivity index (χ0n) is 9.32. The zero-order valence-corrected chi connectivity index (χ0v) is 10.2. The average molecular weight is 235 g/mol. The third kappa shape index (κ3) is 7.31. The largest absolute Gasteiger partial charge is 0.432 e. The molecule has 0 aliphatic carbocycles. The fourth-order valence-corrected chi connectivity index (χ4v) is 1.53. The highest BCUT2D eigenvalue weighted by Crippen LogP contribution is 2.37. The average Bonchev–Trinajstić information content (AvgIpc) is 2.01. The van der Waals surface area contributed by atoms with Gasteiger partial charge < -0.3 is 4.89 Å². The molecule has 0 saturated carbocycles. The van der Waals surface area contributed by atoms with Gasteiger partial charge in [-0.25, -0.2) is 4.57 Å². The molecule has 15 heavy (non-hydrogen) atoms. The first-order valence-electron chi connectivity index (χ1n) is 4.70. The van der Waals surface area contributed by atoms with Crippen molar-refractivity contribution in [2.24, 2.45) is 5.92 Å². The minimum absolute atomic E-state index is 0.141. The van der Waals surface area contributed by atoms with E-state index in [1.165, 1.54) is 6.92 Å². The van der Waals surface area contributed by atoms with Gasteiger partial charge in [0, 0.05) is 5.57 Å². The second kappa shape index (κ2) is 6.05. The van der Waals surface area contributed by atoms with Crippen LogP contribution in [0.2, 0.25) is 0 Å². The highest BCUT2D eigenvalue weighted by atomic mass is 31.2. The lowest BCUT2D eigenvalue weighted by molar-refractivity contribution is -0.116. The van der Waals surface area contributed by atoms with Crippen LogP contribution in [-0.4, -0.2) is 17.4 Å². The molecule has 1 amide bonds. The van der Waals surface area contributed by atoms with Gasteiger partial charge in [-0.05, 0) is 19.3 Å². The highest BCUT2D eigenvalue weighted by molar-refractivity contribution is 7.51. The fourth-order valence-electron chi connectivity index (χ4n) is 0.668. The lowest BCUT2D eigenvalue weighted by atomic mass is 10.2. The van der Waals surface area contributed by atoms with Gasteiger partial charge in [0.15, 0.2) is 0 Å². The van der Waals surface area contributed by atoms with Crippen LogP contribution in [0.5, 0.6) is 0 Å². The Labute approximate surface area is 90.1 Å². The van der Waals surface area contributed by atoms with Gasteiger partial charge in [-0.1, -0.05) is 20.4 Å². The monoisotopic (exact) mass is 235 g/mol. The van der Waals surface area contributed by atoms with E-state index in [-0.39, 0.29) is 12.2 Å². The van der Waals surface area contributed by atoms with E-state index in [4.69, 9.17) is 4.52 Å². The number of carbonyl (C=O) groups excluding carboxylic acids is 1. The van der Waals surface area contributed by atoms with E-state index >= 15 is 0 Å². The Hall–Kier alpha value is -0.640. The van der Waals surface area contributed by atoms with Crippen LogP contribution >= 0.6 is 7.75 Å². The van der Waals surface area contributed by atoms with Crippen molar-refractivity contribution in [3.8, 4) is 0 Å². The minimum Gasteiger partial charge on any atom is -0.308 e. The summed E-state index contributed by atoms with van der Waals surface area (Å²) in [5, 5.41) is 1.88. The van der Waals surface area contributed by atoms with Gasteiger partial charge in [-0.3, -0.25) is 14.4 Å². The molecule has 0 heterocycles. The fraction of sp³-hybridized carbons (Fsp3) is 0.667. The van der Waals surface area contributed by atoms with Crippen molar-refractivity contribution >= 4 is 13.7 Å². The van der Waals surface area contributed by atoms with E-state index in [0.717, 1.165) is 0 Å². The van der Waals surface area contributed by atoms with Gasteiger partial charge in [0.05, 0.1) is 6.61 Å². The van der Waals surface area contributed by atoms with Crippen molar-refractivity contribution in [3.63, 3.8) is 0 Å². The Morgan fingerprint density at radius 1 is 1.60 bits per heavy atom. The summed E-state index contributed by atoms with van der Waals surface area (Å²) in [6.45, 7) is 8.88. The summed E-state index contributed by atoms with van der Waals surface area (Å²) in [6.07, 6.45) is 0.660. The third-order valence-corrected chi connectivity index (χ3v) is 2.61. The van der Waals surface area contributed by atoms with Crippen molar-refractivity contribution in [2.75, 3.05) is 6.61 Å². The molecule has 0 saturated heterocycles. The van der Waals surface area contributed by atoms with Crippen LogP contribution in [0.25, 0.3) is 0 Å². The molecule has 2 N–H and O–H groups in total. The van der Waals surface area contributed by atoms with Gasteiger partial charge in [-0.2, -0.15) is 0 Å². The molecule has 0 aliphatic rings. The molecule has 0 radical (unpaired) electrons. The molecule has 0 aliphatic heterocycles. The maximum absolute atomic E-state index is 11.3. The normalized spacial score (nSPS) is 14.7. The van der Waals surface area contributed by atoms with Crippen molar-refractivity contribution in [3.05, 3.63) is 12.2 Å². The molecule has 0 spiro atoms. The van der Waals surface area contributed by atoms with Crippen LogP contribution in [0, 0.1) is 5.92 Å². The van der Waals surface area contributed by atoms with Crippen molar-refractivity contribution in [1.82, 2.24) is 5.09 Å². The summed E-state index contributed by atoms with van der Waals surface area (Å²) in [4.78, 5) is 20.2. The highest BCUT2D eigenvalue weighted by Gasteiger charge is 2.22.